The molecule has 2 rings (SSSR count). The molecule has 118 valence electrons. The Labute approximate surface area is 129 Å². The van der Waals surface area contributed by atoms with Crippen LogP contribution in [0.5, 0.6) is 0 Å². The minimum Gasteiger partial charge on any atom is -0.467 e. The number of nitrogens with zero attached hydrogens (tertiary/aromatic N) is 2. The molecule has 0 unspecified atom stereocenters. The molecule has 0 saturated carbocycles. The van der Waals surface area contributed by atoms with E-state index in [-0.39, 0.29) is 18.4 Å². The summed E-state index contributed by atoms with van der Waals surface area (Å²) in [4.78, 5) is 23.8. The molecule has 0 spiro atoms. The fourth-order valence-electron chi connectivity index (χ4n) is 2.31. The maximum atomic E-state index is 12.1. The Hall–Kier alpha value is -2.37. The van der Waals surface area contributed by atoms with Gasteiger partial charge in [0.2, 0.25) is 5.91 Å². The first-order valence-electron chi connectivity index (χ1n) is 7.29. The molecular weight excluding hydrogens is 282 g/mol. The van der Waals surface area contributed by atoms with Gasteiger partial charge in [-0.25, -0.2) is 4.79 Å². The number of esters is 1. The van der Waals surface area contributed by atoms with Gasteiger partial charge < -0.3 is 10.1 Å². The van der Waals surface area contributed by atoms with Crippen molar-refractivity contribution >= 4 is 22.8 Å². The van der Waals surface area contributed by atoms with Crippen molar-refractivity contribution in [3.8, 4) is 0 Å². The van der Waals surface area contributed by atoms with Crippen LogP contribution in [0.3, 0.4) is 0 Å². The first kappa shape index (κ1) is 16.0. The number of hydrogen-bond donors (Lipinski definition) is 1. The number of hydrogen-bond acceptors (Lipinski definition) is 4. The lowest BCUT2D eigenvalue weighted by atomic mass is 10.0. The van der Waals surface area contributed by atoms with Gasteiger partial charge in [0.15, 0.2) is 0 Å². The summed E-state index contributed by atoms with van der Waals surface area (Å²) in [5.74, 6) is -0.409. The monoisotopic (exact) mass is 303 g/mol. The second-order valence-electron chi connectivity index (χ2n) is 5.66. The van der Waals surface area contributed by atoms with E-state index >= 15 is 0 Å². The molecule has 1 amide bonds. The van der Waals surface area contributed by atoms with E-state index in [2.05, 4.69) is 10.4 Å². The van der Waals surface area contributed by atoms with Crippen LogP contribution < -0.4 is 5.32 Å². The SMILES string of the molecule is COC(=O)[C@H](CC(C)C)NC(=O)Cn1cc2ccccc2n1. The van der Waals surface area contributed by atoms with Crippen molar-refractivity contribution in [1.82, 2.24) is 15.1 Å². The number of amides is 1. The molecule has 1 aromatic carbocycles. The van der Waals surface area contributed by atoms with Crippen LogP contribution in [0, 0.1) is 5.92 Å². The Kier molecular flexibility index (Phi) is 5.14. The van der Waals surface area contributed by atoms with E-state index in [1.54, 1.807) is 4.68 Å². The lowest BCUT2D eigenvalue weighted by Gasteiger charge is -2.18. The highest BCUT2D eigenvalue weighted by molar-refractivity contribution is 5.84. The van der Waals surface area contributed by atoms with Gasteiger partial charge in [-0.05, 0) is 18.4 Å². The van der Waals surface area contributed by atoms with Crippen molar-refractivity contribution in [2.75, 3.05) is 7.11 Å². The Morgan fingerprint density at radius 3 is 2.68 bits per heavy atom. The topological polar surface area (TPSA) is 73.2 Å². The van der Waals surface area contributed by atoms with Crippen LogP contribution in [-0.2, 0) is 20.9 Å². The third kappa shape index (κ3) is 4.07. The molecule has 0 aliphatic heterocycles. The van der Waals surface area contributed by atoms with Crippen LogP contribution >= 0.6 is 0 Å². The largest absolute Gasteiger partial charge is 0.467 e. The summed E-state index contributed by atoms with van der Waals surface area (Å²) in [5, 5.41) is 8.02. The molecule has 0 aliphatic rings. The molecule has 0 aliphatic carbocycles. The van der Waals surface area contributed by atoms with E-state index in [1.807, 2.05) is 44.3 Å². The highest BCUT2D eigenvalue weighted by Gasteiger charge is 2.22. The van der Waals surface area contributed by atoms with Crippen LogP contribution in [0.25, 0.3) is 10.9 Å². The van der Waals surface area contributed by atoms with Gasteiger partial charge in [-0.15, -0.1) is 0 Å². The predicted molar refractivity (Wildman–Crippen MR) is 83.1 cm³/mol. The van der Waals surface area contributed by atoms with E-state index < -0.39 is 12.0 Å². The van der Waals surface area contributed by atoms with Crippen molar-refractivity contribution in [1.29, 1.82) is 0 Å². The number of rotatable bonds is 6. The minimum absolute atomic E-state index is 0.0697. The standard InChI is InChI=1S/C16H21N3O3/c1-11(2)8-14(16(21)22-3)17-15(20)10-19-9-12-6-4-5-7-13(12)18-19/h4-7,9,11,14H,8,10H2,1-3H3,(H,17,20)/t14-/m0/s1. The number of benzene rings is 1. The van der Waals surface area contributed by atoms with Gasteiger partial charge in [-0.3, -0.25) is 9.48 Å². The molecule has 6 heteroatoms. The zero-order valence-electron chi connectivity index (χ0n) is 13.1. The Morgan fingerprint density at radius 1 is 1.32 bits per heavy atom. The molecule has 0 saturated heterocycles. The minimum atomic E-state index is -0.623. The number of ether oxygens (including phenoxy) is 1. The third-order valence-electron chi connectivity index (χ3n) is 3.29. The first-order valence-corrected chi connectivity index (χ1v) is 7.29. The molecule has 22 heavy (non-hydrogen) atoms. The van der Waals surface area contributed by atoms with Crippen LogP contribution in [0.4, 0.5) is 0 Å². The normalized spacial score (nSPS) is 12.4. The lowest BCUT2D eigenvalue weighted by Crippen LogP contribution is -2.43. The lowest BCUT2D eigenvalue weighted by molar-refractivity contribution is -0.145. The average Bonchev–Trinajstić information content (AvgIpc) is 2.87. The summed E-state index contributed by atoms with van der Waals surface area (Å²) in [6, 6.07) is 7.02. The van der Waals surface area contributed by atoms with Gasteiger partial charge in [0.25, 0.3) is 0 Å². The first-order chi connectivity index (χ1) is 10.5. The van der Waals surface area contributed by atoms with Gasteiger partial charge in [0.05, 0.1) is 12.6 Å². The van der Waals surface area contributed by atoms with E-state index in [4.69, 9.17) is 4.74 Å². The molecule has 1 aromatic heterocycles. The van der Waals surface area contributed by atoms with E-state index in [0.29, 0.717) is 6.42 Å². The maximum Gasteiger partial charge on any atom is 0.328 e. The summed E-state index contributed by atoms with van der Waals surface area (Å²) >= 11 is 0. The molecule has 0 bridgehead atoms. The summed E-state index contributed by atoms with van der Waals surface area (Å²) in [6.07, 6.45) is 2.35. The Balaban J connectivity index is 2.02. The molecule has 0 radical (unpaired) electrons. The predicted octanol–water partition coefficient (Wildman–Crippen LogP) is 1.74. The van der Waals surface area contributed by atoms with Gasteiger partial charge in [-0.1, -0.05) is 32.0 Å². The number of carbonyl (C=O) groups excluding carboxylic acids is 2. The number of fused-ring (bicyclic) bond motifs is 1. The van der Waals surface area contributed by atoms with Crippen LogP contribution in [-0.4, -0.2) is 34.8 Å². The van der Waals surface area contributed by atoms with Crippen LogP contribution in [0.15, 0.2) is 30.5 Å². The highest BCUT2D eigenvalue weighted by Crippen LogP contribution is 2.11. The van der Waals surface area contributed by atoms with Crippen molar-refractivity contribution in [2.24, 2.45) is 5.92 Å². The van der Waals surface area contributed by atoms with Gasteiger partial charge in [0, 0.05) is 11.6 Å². The summed E-state index contributed by atoms with van der Waals surface area (Å²) in [6.45, 7) is 4.05. The second-order valence-corrected chi connectivity index (χ2v) is 5.66. The van der Waals surface area contributed by atoms with Gasteiger partial charge >= 0.3 is 5.97 Å². The number of carbonyl (C=O) groups is 2. The molecule has 2 aromatic rings. The van der Waals surface area contributed by atoms with Crippen molar-refractivity contribution in [3.05, 3.63) is 30.5 Å². The fraction of sp³-hybridized carbons (Fsp3) is 0.438. The third-order valence-corrected chi connectivity index (χ3v) is 3.29. The Morgan fingerprint density at radius 2 is 2.05 bits per heavy atom. The number of aromatic nitrogens is 2. The van der Waals surface area contributed by atoms with Gasteiger partial charge in [0.1, 0.15) is 12.6 Å². The summed E-state index contributed by atoms with van der Waals surface area (Å²) < 4.78 is 6.31. The van der Waals surface area contributed by atoms with E-state index in [9.17, 15) is 9.59 Å². The van der Waals surface area contributed by atoms with Crippen molar-refractivity contribution in [3.63, 3.8) is 0 Å². The van der Waals surface area contributed by atoms with E-state index in [0.717, 1.165) is 10.9 Å². The van der Waals surface area contributed by atoms with Gasteiger partial charge in [-0.2, -0.15) is 5.10 Å². The highest BCUT2D eigenvalue weighted by atomic mass is 16.5. The summed E-state index contributed by atoms with van der Waals surface area (Å²) in [5.41, 5.74) is 0.835. The molecule has 1 atom stereocenters. The fourth-order valence-corrected chi connectivity index (χ4v) is 2.31. The average molecular weight is 303 g/mol. The molecule has 1 heterocycles. The smallest absolute Gasteiger partial charge is 0.328 e. The van der Waals surface area contributed by atoms with Crippen LogP contribution in [0.2, 0.25) is 0 Å². The van der Waals surface area contributed by atoms with Crippen molar-refractivity contribution in [2.45, 2.75) is 32.9 Å². The van der Waals surface area contributed by atoms with E-state index in [1.165, 1.54) is 7.11 Å². The quantitative estimate of drug-likeness (QED) is 0.825. The zero-order valence-corrected chi connectivity index (χ0v) is 13.1. The number of nitrogens with one attached hydrogen (secondary N) is 1. The van der Waals surface area contributed by atoms with Crippen LogP contribution in [0.1, 0.15) is 20.3 Å². The molecule has 0 fully saturated rings. The summed E-state index contributed by atoms with van der Waals surface area (Å²) in [7, 11) is 1.32. The Bertz CT molecular complexity index is 630. The molecule has 1 N–H and O–H groups in total. The number of methoxy groups -OCH3 is 1. The zero-order chi connectivity index (χ0) is 16.1. The maximum absolute atomic E-state index is 12.1. The van der Waals surface area contributed by atoms with Crippen molar-refractivity contribution < 1.29 is 14.3 Å². The second kappa shape index (κ2) is 7.06. The molecule has 6 nitrogen and oxygen atoms in total. The molecular formula is C16H21N3O3.